The van der Waals surface area contributed by atoms with Crippen LogP contribution in [0, 0.1) is 5.92 Å². The minimum Gasteiger partial charge on any atom is -0.0840 e. The highest BCUT2D eigenvalue weighted by Gasteiger charge is 2.19. The molecule has 0 nitrogen and oxygen atoms in total. The lowest BCUT2D eigenvalue weighted by Crippen LogP contribution is -2.11. The van der Waals surface area contributed by atoms with Gasteiger partial charge in [-0.2, -0.15) is 0 Å². The summed E-state index contributed by atoms with van der Waals surface area (Å²) < 4.78 is 0. The van der Waals surface area contributed by atoms with Crippen LogP contribution in [0.3, 0.4) is 0 Å². The van der Waals surface area contributed by atoms with Crippen molar-refractivity contribution in [3.05, 3.63) is 23.3 Å². The van der Waals surface area contributed by atoms with Crippen LogP contribution < -0.4 is 0 Å². The number of allylic oxidation sites excluding steroid dienone is 4. The standard InChI is InChI=1S/C13H20/c1-11-7-5-6-10-13(11)12-8-3-2-4-9-12/h5,7,12H,2-4,6,8-10H2,1H3. The Morgan fingerprint density at radius 3 is 2.62 bits per heavy atom. The van der Waals surface area contributed by atoms with E-state index < -0.39 is 0 Å². The lowest BCUT2D eigenvalue weighted by atomic mass is 9.79. The summed E-state index contributed by atoms with van der Waals surface area (Å²) in [5.41, 5.74) is 3.35. The van der Waals surface area contributed by atoms with Crippen molar-refractivity contribution in [1.82, 2.24) is 0 Å². The Labute approximate surface area is 81.7 Å². The summed E-state index contributed by atoms with van der Waals surface area (Å²) in [5.74, 6) is 0.943. The van der Waals surface area contributed by atoms with Crippen molar-refractivity contribution in [3.8, 4) is 0 Å². The first-order valence-electron chi connectivity index (χ1n) is 5.74. The van der Waals surface area contributed by atoms with Crippen LogP contribution in [-0.2, 0) is 0 Å². The second kappa shape index (κ2) is 4.13. The molecule has 0 heteroatoms. The van der Waals surface area contributed by atoms with Gasteiger partial charge < -0.3 is 0 Å². The van der Waals surface area contributed by atoms with Crippen molar-refractivity contribution in [2.75, 3.05) is 0 Å². The van der Waals surface area contributed by atoms with Gasteiger partial charge in [-0.3, -0.25) is 0 Å². The quantitative estimate of drug-likeness (QED) is 0.560. The zero-order valence-electron chi connectivity index (χ0n) is 8.68. The Kier molecular flexibility index (Phi) is 2.87. The molecule has 0 atom stereocenters. The van der Waals surface area contributed by atoms with Gasteiger partial charge in [-0.05, 0) is 38.5 Å². The predicted octanol–water partition coefficient (Wildman–Crippen LogP) is 4.23. The second-order valence-electron chi connectivity index (χ2n) is 4.48. The van der Waals surface area contributed by atoms with Gasteiger partial charge >= 0.3 is 0 Å². The fourth-order valence-electron chi connectivity index (χ4n) is 2.78. The Hall–Kier alpha value is -0.520. The molecule has 0 N–H and O–H groups in total. The molecule has 0 aromatic carbocycles. The van der Waals surface area contributed by atoms with Crippen molar-refractivity contribution >= 4 is 0 Å². The summed E-state index contributed by atoms with van der Waals surface area (Å²) in [5, 5.41) is 0. The third-order valence-electron chi connectivity index (χ3n) is 3.55. The third kappa shape index (κ3) is 2.04. The van der Waals surface area contributed by atoms with E-state index in [2.05, 4.69) is 19.1 Å². The van der Waals surface area contributed by atoms with Crippen LogP contribution in [0.2, 0.25) is 0 Å². The number of hydrogen-bond donors (Lipinski definition) is 0. The molecule has 2 aliphatic rings. The lowest BCUT2D eigenvalue weighted by Gasteiger charge is -2.27. The molecule has 2 aliphatic carbocycles. The number of hydrogen-bond acceptors (Lipinski definition) is 0. The molecule has 0 amide bonds. The van der Waals surface area contributed by atoms with Crippen LogP contribution in [0.5, 0.6) is 0 Å². The lowest BCUT2D eigenvalue weighted by molar-refractivity contribution is 0.392. The highest BCUT2D eigenvalue weighted by atomic mass is 14.2. The van der Waals surface area contributed by atoms with E-state index in [1.807, 2.05) is 0 Å². The molecule has 0 aliphatic heterocycles. The molecular formula is C13H20. The van der Waals surface area contributed by atoms with Crippen LogP contribution in [0.25, 0.3) is 0 Å². The maximum Gasteiger partial charge on any atom is -0.0197 e. The molecule has 2 rings (SSSR count). The van der Waals surface area contributed by atoms with Gasteiger partial charge in [-0.25, -0.2) is 0 Å². The molecule has 0 spiro atoms. The Bertz CT molecular complexity index is 226. The first kappa shape index (κ1) is 9.05. The highest BCUT2D eigenvalue weighted by Crippen LogP contribution is 2.35. The van der Waals surface area contributed by atoms with Gasteiger partial charge in [-0.15, -0.1) is 0 Å². The van der Waals surface area contributed by atoms with Crippen LogP contribution in [0.15, 0.2) is 23.3 Å². The summed E-state index contributed by atoms with van der Waals surface area (Å²) in [7, 11) is 0. The number of rotatable bonds is 1. The van der Waals surface area contributed by atoms with Crippen LogP contribution in [0.1, 0.15) is 51.9 Å². The fourth-order valence-corrected chi connectivity index (χ4v) is 2.78. The molecule has 0 heterocycles. The Morgan fingerprint density at radius 1 is 1.15 bits per heavy atom. The molecule has 0 radical (unpaired) electrons. The van der Waals surface area contributed by atoms with Gasteiger partial charge in [0, 0.05) is 0 Å². The van der Waals surface area contributed by atoms with E-state index in [4.69, 9.17) is 0 Å². The molecule has 72 valence electrons. The van der Waals surface area contributed by atoms with Crippen molar-refractivity contribution in [2.45, 2.75) is 51.9 Å². The minimum absolute atomic E-state index is 0.943. The zero-order valence-corrected chi connectivity index (χ0v) is 8.68. The Morgan fingerprint density at radius 2 is 1.92 bits per heavy atom. The van der Waals surface area contributed by atoms with Gasteiger partial charge in [0.05, 0.1) is 0 Å². The average Bonchev–Trinajstić information content (AvgIpc) is 2.20. The molecule has 1 saturated carbocycles. The largest absolute Gasteiger partial charge is 0.0840 e. The molecule has 0 unspecified atom stereocenters. The van der Waals surface area contributed by atoms with Crippen LogP contribution in [-0.4, -0.2) is 0 Å². The topological polar surface area (TPSA) is 0 Å². The zero-order chi connectivity index (χ0) is 9.10. The van der Waals surface area contributed by atoms with Gasteiger partial charge in [0.1, 0.15) is 0 Å². The Balaban J connectivity index is 2.08. The third-order valence-corrected chi connectivity index (χ3v) is 3.55. The minimum atomic E-state index is 0.943. The summed E-state index contributed by atoms with van der Waals surface area (Å²) in [6.07, 6.45) is 14.6. The van der Waals surface area contributed by atoms with E-state index in [1.165, 1.54) is 44.9 Å². The molecule has 0 saturated heterocycles. The fraction of sp³-hybridized carbons (Fsp3) is 0.692. The normalized spacial score (nSPS) is 25.3. The van der Waals surface area contributed by atoms with E-state index in [-0.39, 0.29) is 0 Å². The average molecular weight is 176 g/mol. The van der Waals surface area contributed by atoms with Crippen molar-refractivity contribution in [1.29, 1.82) is 0 Å². The van der Waals surface area contributed by atoms with Gasteiger partial charge in [0.2, 0.25) is 0 Å². The van der Waals surface area contributed by atoms with E-state index in [1.54, 1.807) is 11.1 Å². The SMILES string of the molecule is CC1=C(C2CCCCC2)CCC=C1. The first-order chi connectivity index (χ1) is 6.38. The van der Waals surface area contributed by atoms with Crippen molar-refractivity contribution in [3.63, 3.8) is 0 Å². The maximum atomic E-state index is 2.33. The molecule has 13 heavy (non-hydrogen) atoms. The van der Waals surface area contributed by atoms with E-state index in [0.29, 0.717) is 0 Å². The predicted molar refractivity (Wildman–Crippen MR) is 57.6 cm³/mol. The molecule has 1 fully saturated rings. The first-order valence-corrected chi connectivity index (χ1v) is 5.74. The van der Waals surface area contributed by atoms with Crippen molar-refractivity contribution in [2.24, 2.45) is 5.92 Å². The van der Waals surface area contributed by atoms with Crippen LogP contribution >= 0.6 is 0 Å². The van der Waals surface area contributed by atoms with Gasteiger partial charge in [0.25, 0.3) is 0 Å². The summed E-state index contributed by atoms with van der Waals surface area (Å²) in [6, 6.07) is 0. The molecule has 0 aromatic heterocycles. The van der Waals surface area contributed by atoms with Crippen LogP contribution in [0.4, 0.5) is 0 Å². The summed E-state index contributed by atoms with van der Waals surface area (Å²) >= 11 is 0. The summed E-state index contributed by atoms with van der Waals surface area (Å²) in [4.78, 5) is 0. The molecule has 0 aromatic rings. The van der Waals surface area contributed by atoms with Crippen molar-refractivity contribution < 1.29 is 0 Å². The highest BCUT2D eigenvalue weighted by molar-refractivity contribution is 5.29. The maximum absolute atomic E-state index is 2.33. The van der Waals surface area contributed by atoms with E-state index in [9.17, 15) is 0 Å². The molecular weight excluding hydrogens is 156 g/mol. The van der Waals surface area contributed by atoms with E-state index >= 15 is 0 Å². The van der Waals surface area contributed by atoms with Gasteiger partial charge in [0.15, 0.2) is 0 Å². The van der Waals surface area contributed by atoms with E-state index in [0.717, 1.165) is 5.92 Å². The second-order valence-corrected chi connectivity index (χ2v) is 4.48. The summed E-state index contributed by atoms with van der Waals surface area (Å²) in [6.45, 7) is 2.29. The monoisotopic (exact) mass is 176 g/mol. The smallest absolute Gasteiger partial charge is 0.0197 e. The van der Waals surface area contributed by atoms with Gasteiger partial charge in [-0.1, -0.05) is 42.6 Å². The molecule has 0 bridgehead atoms.